The maximum atomic E-state index is 12.3. The van der Waals surface area contributed by atoms with E-state index in [-0.39, 0.29) is 5.78 Å². The first-order valence-corrected chi connectivity index (χ1v) is 8.74. The minimum Gasteiger partial charge on any atom is -0.289 e. The molecule has 1 aromatic heterocycles. The number of ketones is 1. The molecule has 3 aromatic rings. The monoisotopic (exact) mass is 419 g/mol. The Bertz CT molecular complexity index is 983. The molecule has 0 fully saturated rings. The van der Waals surface area contributed by atoms with Crippen LogP contribution in [-0.4, -0.2) is 10.8 Å². The molecule has 1 heterocycles. The minimum absolute atomic E-state index is 0.106. The number of benzene rings is 2. The van der Waals surface area contributed by atoms with E-state index >= 15 is 0 Å². The van der Waals surface area contributed by atoms with E-state index in [4.69, 9.17) is 23.2 Å². The highest BCUT2D eigenvalue weighted by Crippen LogP contribution is 2.28. The highest BCUT2D eigenvalue weighted by atomic mass is 79.9. The number of aryl methyl sites for hydroxylation is 1. The summed E-state index contributed by atoms with van der Waals surface area (Å²) >= 11 is 15.8. The number of hydrogen-bond donors (Lipinski definition) is 0. The van der Waals surface area contributed by atoms with Crippen molar-refractivity contribution in [1.82, 2.24) is 4.98 Å². The number of pyridine rings is 1. The molecule has 0 aliphatic rings. The van der Waals surface area contributed by atoms with Gasteiger partial charge in [-0.05, 0) is 48.9 Å². The number of rotatable bonds is 3. The van der Waals surface area contributed by atoms with Gasteiger partial charge in [-0.2, -0.15) is 0 Å². The predicted octanol–water partition coefficient (Wildman–Crippen LogP) is 6.51. The number of allylic oxidation sites excluding steroid dienone is 1. The van der Waals surface area contributed by atoms with Crippen molar-refractivity contribution in [2.75, 3.05) is 0 Å². The van der Waals surface area contributed by atoms with Gasteiger partial charge in [0.15, 0.2) is 5.78 Å². The van der Waals surface area contributed by atoms with E-state index in [9.17, 15) is 4.79 Å². The van der Waals surface area contributed by atoms with E-state index in [0.29, 0.717) is 21.3 Å². The Kier molecular flexibility index (Phi) is 5.04. The van der Waals surface area contributed by atoms with Crippen LogP contribution in [0.5, 0.6) is 0 Å². The summed E-state index contributed by atoms with van der Waals surface area (Å²) in [5.74, 6) is -0.106. The van der Waals surface area contributed by atoms with Gasteiger partial charge in [0.25, 0.3) is 0 Å². The second-order valence-electron chi connectivity index (χ2n) is 5.29. The van der Waals surface area contributed by atoms with Crippen LogP contribution in [0.4, 0.5) is 0 Å². The lowest BCUT2D eigenvalue weighted by molar-refractivity contribution is 0.104. The third-order valence-electron chi connectivity index (χ3n) is 3.71. The summed E-state index contributed by atoms with van der Waals surface area (Å²) in [5.41, 5.74) is 2.94. The molecule has 24 heavy (non-hydrogen) atoms. The van der Waals surface area contributed by atoms with Gasteiger partial charge in [0.05, 0.1) is 5.52 Å². The largest absolute Gasteiger partial charge is 0.289 e. The van der Waals surface area contributed by atoms with E-state index in [2.05, 4.69) is 20.9 Å². The number of nitrogens with zero attached hydrogens (tertiary/aromatic N) is 1. The molecule has 0 saturated heterocycles. The number of carbonyl (C=O) groups is 1. The van der Waals surface area contributed by atoms with Crippen LogP contribution in [0.15, 0.2) is 53.0 Å². The van der Waals surface area contributed by atoms with Crippen LogP contribution in [0.1, 0.15) is 21.5 Å². The molecule has 0 radical (unpaired) electrons. The van der Waals surface area contributed by atoms with Crippen molar-refractivity contribution >= 4 is 61.9 Å². The second kappa shape index (κ2) is 7.06. The van der Waals surface area contributed by atoms with E-state index in [1.165, 1.54) is 6.08 Å². The molecule has 0 atom stereocenters. The van der Waals surface area contributed by atoms with E-state index in [0.717, 1.165) is 20.9 Å². The number of aromatic nitrogens is 1. The smallest absolute Gasteiger partial charge is 0.186 e. The van der Waals surface area contributed by atoms with Gasteiger partial charge < -0.3 is 0 Å². The van der Waals surface area contributed by atoms with Crippen LogP contribution < -0.4 is 0 Å². The van der Waals surface area contributed by atoms with E-state index < -0.39 is 0 Å². The summed E-state index contributed by atoms with van der Waals surface area (Å²) in [5, 5.41) is 1.91. The van der Waals surface area contributed by atoms with Crippen LogP contribution in [0.3, 0.4) is 0 Å². The van der Waals surface area contributed by atoms with Crippen LogP contribution in [-0.2, 0) is 0 Å². The molecular formula is C19H12BrCl2NO. The van der Waals surface area contributed by atoms with Gasteiger partial charge in [0, 0.05) is 26.0 Å². The van der Waals surface area contributed by atoms with Crippen LogP contribution in [0.25, 0.3) is 17.0 Å². The van der Waals surface area contributed by atoms with Crippen LogP contribution >= 0.6 is 39.1 Å². The summed E-state index contributed by atoms with van der Waals surface area (Å²) in [4.78, 5) is 16.7. The molecule has 0 aliphatic heterocycles. The van der Waals surface area contributed by atoms with Gasteiger partial charge in [-0.1, -0.05) is 57.3 Å². The van der Waals surface area contributed by atoms with Crippen molar-refractivity contribution < 1.29 is 4.79 Å². The molecule has 2 nitrogen and oxygen atoms in total. The van der Waals surface area contributed by atoms with E-state index in [1.807, 2.05) is 43.3 Å². The maximum Gasteiger partial charge on any atom is 0.186 e. The summed E-state index contributed by atoms with van der Waals surface area (Å²) < 4.78 is 0.757. The fourth-order valence-electron chi connectivity index (χ4n) is 2.38. The lowest BCUT2D eigenvalue weighted by Crippen LogP contribution is -1.95. The molecule has 0 bridgehead atoms. The topological polar surface area (TPSA) is 30.0 Å². The fraction of sp³-hybridized carbons (Fsp3) is 0.0526. The van der Waals surface area contributed by atoms with Gasteiger partial charge in [0.1, 0.15) is 5.15 Å². The molecule has 0 amide bonds. The Labute approximate surface area is 158 Å². The molecule has 3 rings (SSSR count). The summed E-state index contributed by atoms with van der Waals surface area (Å²) in [7, 11) is 0. The Morgan fingerprint density at radius 1 is 1.17 bits per heavy atom. The molecular weight excluding hydrogens is 409 g/mol. The molecule has 5 heteroatoms. The predicted molar refractivity (Wildman–Crippen MR) is 104 cm³/mol. The summed E-state index contributed by atoms with van der Waals surface area (Å²) in [6.07, 6.45) is 3.18. The SMILES string of the molecule is Cc1c(Cl)ccc2cc(/C=C/C(=O)c3ccccc3Br)c(Cl)nc12. The van der Waals surface area contributed by atoms with Gasteiger partial charge in [-0.15, -0.1) is 0 Å². The zero-order valence-corrected chi connectivity index (χ0v) is 15.8. The second-order valence-corrected chi connectivity index (χ2v) is 6.91. The third kappa shape index (κ3) is 3.39. The first-order valence-electron chi connectivity index (χ1n) is 7.19. The zero-order valence-electron chi connectivity index (χ0n) is 12.7. The molecule has 2 aromatic carbocycles. The highest BCUT2D eigenvalue weighted by Gasteiger charge is 2.09. The number of halogens is 3. The Morgan fingerprint density at radius 3 is 2.67 bits per heavy atom. The first kappa shape index (κ1) is 17.2. The number of carbonyl (C=O) groups excluding carboxylic acids is 1. The lowest BCUT2D eigenvalue weighted by atomic mass is 10.1. The first-order chi connectivity index (χ1) is 11.5. The highest BCUT2D eigenvalue weighted by molar-refractivity contribution is 9.10. The molecule has 0 N–H and O–H groups in total. The van der Waals surface area contributed by atoms with Crippen molar-refractivity contribution in [2.45, 2.75) is 6.92 Å². The van der Waals surface area contributed by atoms with Gasteiger partial charge in [-0.25, -0.2) is 4.98 Å². The van der Waals surface area contributed by atoms with Crippen LogP contribution in [0.2, 0.25) is 10.2 Å². The fourth-order valence-corrected chi connectivity index (χ4v) is 3.22. The molecule has 0 unspecified atom stereocenters. The van der Waals surface area contributed by atoms with Crippen molar-refractivity contribution in [1.29, 1.82) is 0 Å². The Balaban J connectivity index is 1.98. The van der Waals surface area contributed by atoms with E-state index in [1.54, 1.807) is 12.1 Å². The molecule has 0 aliphatic carbocycles. The van der Waals surface area contributed by atoms with Crippen molar-refractivity contribution in [3.05, 3.63) is 79.9 Å². The lowest BCUT2D eigenvalue weighted by Gasteiger charge is -2.06. The van der Waals surface area contributed by atoms with Crippen molar-refractivity contribution in [2.24, 2.45) is 0 Å². The molecule has 0 saturated carbocycles. The number of fused-ring (bicyclic) bond motifs is 1. The third-order valence-corrected chi connectivity index (χ3v) is 5.11. The summed E-state index contributed by atoms with van der Waals surface area (Å²) in [6.45, 7) is 1.90. The quantitative estimate of drug-likeness (QED) is 0.274. The maximum absolute atomic E-state index is 12.3. The van der Waals surface area contributed by atoms with Crippen molar-refractivity contribution in [3.63, 3.8) is 0 Å². The van der Waals surface area contributed by atoms with Gasteiger partial charge in [-0.3, -0.25) is 4.79 Å². The van der Waals surface area contributed by atoms with Crippen LogP contribution in [0, 0.1) is 6.92 Å². The van der Waals surface area contributed by atoms with Crippen molar-refractivity contribution in [3.8, 4) is 0 Å². The molecule has 0 spiro atoms. The average molecular weight is 421 g/mol. The van der Waals surface area contributed by atoms with Gasteiger partial charge in [0.2, 0.25) is 0 Å². The standard InChI is InChI=1S/C19H12BrCl2NO/c1-11-16(21)8-6-12-10-13(19(22)23-18(11)12)7-9-17(24)14-4-2-3-5-15(14)20/h2-10H,1H3/b9-7+. The average Bonchev–Trinajstić information content (AvgIpc) is 2.57. The van der Waals surface area contributed by atoms with Gasteiger partial charge >= 0.3 is 0 Å². The Morgan fingerprint density at radius 2 is 1.92 bits per heavy atom. The number of hydrogen-bond acceptors (Lipinski definition) is 2. The summed E-state index contributed by atoms with van der Waals surface area (Å²) in [6, 6.07) is 12.9. The minimum atomic E-state index is -0.106. The zero-order chi connectivity index (χ0) is 17.3. The Hall–Kier alpha value is -1.68. The normalized spacial score (nSPS) is 11.3. The molecule has 120 valence electrons.